The van der Waals surface area contributed by atoms with Gasteiger partial charge in [-0.1, -0.05) is 0 Å². The average molecular weight is 204 g/mol. The fourth-order valence-electron chi connectivity index (χ4n) is 1.07. The van der Waals surface area contributed by atoms with Crippen molar-refractivity contribution in [1.29, 1.82) is 0 Å². The molecule has 2 rings (SSSR count). The number of aromatic nitrogens is 2. The van der Waals surface area contributed by atoms with Gasteiger partial charge in [0.15, 0.2) is 5.82 Å². The maximum atomic E-state index is 13.1. The molecule has 0 aliphatic carbocycles. The van der Waals surface area contributed by atoms with Crippen molar-refractivity contribution in [2.75, 3.05) is 0 Å². The molecule has 0 saturated carbocycles. The lowest BCUT2D eigenvalue weighted by Crippen LogP contribution is -1.92. The molecule has 2 aromatic heterocycles. The zero-order chi connectivity index (χ0) is 10.7. The minimum atomic E-state index is -0.488. The van der Waals surface area contributed by atoms with Gasteiger partial charge >= 0.3 is 0 Å². The zero-order valence-electron chi connectivity index (χ0n) is 8.14. The van der Waals surface area contributed by atoms with Gasteiger partial charge in [0, 0.05) is 11.9 Å². The van der Waals surface area contributed by atoms with E-state index in [2.05, 4.69) is 9.97 Å². The Kier molecular flexibility index (Phi) is 2.58. The molecule has 0 N–H and O–H groups in total. The molecule has 0 aliphatic heterocycles. The molecule has 2 aromatic rings. The molecule has 0 radical (unpaired) electrons. The van der Waals surface area contributed by atoms with Crippen LogP contribution in [0.4, 0.5) is 4.39 Å². The average Bonchev–Trinajstić information content (AvgIpc) is 2.25. The number of pyridine rings is 2. The first-order chi connectivity index (χ1) is 7.25. The summed E-state index contributed by atoms with van der Waals surface area (Å²) >= 11 is 0. The van der Waals surface area contributed by atoms with Gasteiger partial charge in [-0.25, -0.2) is 9.37 Å². The van der Waals surface area contributed by atoms with Crippen LogP contribution in [0, 0.1) is 12.7 Å². The maximum absolute atomic E-state index is 13.1. The van der Waals surface area contributed by atoms with Crippen LogP contribution >= 0.6 is 0 Å². The number of hydrogen-bond donors (Lipinski definition) is 0. The van der Waals surface area contributed by atoms with E-state index in [0.717, 1.165) is 5.69 Å². The molecule has 0 atom stereocenters. The molecule has 4 heteroatoms. The third-order valence-corrected chi connectivity index (χ3v) is 1.82. The molecule has 2 heterocycles. The minimum absolute atomic E-state index is 0.0387. The fourth-order valence-corrected chi connectivity index (χ4v) is 1.07. The highest BCUT2D eigenvalue weighted by atomic mass is 19.1. The Morgan fingerprint density at radius 1 is 1.20 bits per heavy atom. The third kappa shape index (κ3) is 2.28. The highest BCUT2D eigenvalue weighted by Crippen LogP contribution is 2.20. The van der Waals surface area contributed by atoms with Crippen LogP contribution in [0.5, 0.6) is 11.6 Å². The van der Waals surface area contributed by atoms with Crippen molar-refractivity contribution >= 4 is 0 Å². The third-order valence-electron chi connectivity index (χ3n) is 1.82. The van der Waals surface area contributed by atoms with Crippen molar-refractivity contribution in [2.45, 2.75) is 6.92 Å². The second kappa shape index (κ2) is 4.04. The molecule has 0 spiro atoms. The monoisotopic (exact) mass is 204 g/mol. The molecule has 0 bridgehead atoms. The topological polar surface area (TPSA) is 35.0 Å². The summed E-state index contributed by atoms with van der Waals surface area (Å²) in [6.45, 7) is 1.87. The van der Waals surface area contributed by atoms with E-state index in [9.17, 15) is 4.39 Å². The second-order valence-electron chi connectivity index (χ2n) is 3.03. The lowest BCUT2D eigenvalue weighted by molar-refractivity contribution is 0.421. The predicted octanol–water partition coefficient (Wildman–Crippen LogP) is 2.72. The normalized spacial score (nSPS) is 10.0. The van der Waals surface area contributed by atoms with E-state index >= 15 is 0 Å². The smallest absolute Gasteiger partial charge is 0.255 e. The van der Waals surface area contributed by atoms with Gasteiger partial charge < -0.3 is 4.74 Å². The van der Waals surface area contributed by atoms with Crippen LogP contribution in [0.1, 0.15) is 5.69 Å². The summed E-state index contributed by atoms with van der Waals surface area (Å²) in [5.74, 6) is -0.0561. The van der Waals surface area contributed by atoms with Crippen LogP contribution in [0.15, 0.2) is 36.7 Å². The van der Waals surface area contributed by atoms with Gasteiger partial charge in [-0.05, 0) is 31.2 Å². The summed E-state index contributed by atoms with van der Waals surface area (Å²) < 4.78 is 18.4. The Balaban J connectivity index is 2.22. The lowest BCUT2D eigenvalue weighted by atomic mass is 10.4. The molecule has 0 fully saturated rings. The van der Waals surface area contributed by atoms with E-state index in [0.29, 0.717) is 5.75 Å². The summed E-state index contributed by atoms with van der Waals surface area (Å²) in [7, 11) is 0. The summed E-state index contributed by atoms with van der Waals surface area (Å²) in [6, 6.07) is 6.31. The van der Waals surface area contributed by atoms with Crippen molar-refractivity contribution < 1.29 is 9.13 Å². The van der Waals surface area contributed by atoms with E-state index in [1.54, 1.807) is 12.1 Å². The van der Waals surface area contributed by atoms with Gasteiger partial charge in [-0.2, -0.15) is 0 Å². The number of nitrogens with zero attached hydrogens (tertiary/aromatic N) is 2. The maximum Gasteiger partial charge on any atom is 0.255 e. The highest BCUT2D eigenvalue weighted by Gasteiger charge is 2.04. The van der Waals surface area contributed by atoms with Crippen molar-refractivity contribution in [2.24, 2.45) is 0 Å². The van der Waals surface area contributed by atoms with Gasteiger partial charge in [0.2, 0.25) is 0 Å². The summed E-state index contributed by atoms with van der Waals surface area (Å²) in [6.07, 6.45) is 3.00. The van der Waals surface area contributed by atoms with E-state index in [1.807, 2.05) is 6.92 Å². The van der Waals surface area contributed by atoms with Gasteiger partial charge in [-0.15, -0.1) is 0 Å². The largest absolute Gasteiger partial charge is 0.435 e. The molecule has 0 aliphatic rings. The molecule has 0 saturated heterocycles. The molecule has 0 aromatic carbocycles. The van der Waals surface area contributed by atoms with Gasteiger partial charge in [0.25, 0.3) is 5.88 Å². The van der Waals surface area contributed by atoms with Crippen LogP contribution in [0.25, 0.3) is 0 Å². The first kappa shape index (κ1) is 9.58. The van der Waals surface area contributed by atoms with Crippen LogP contribution in [0.3, 0.4) is 0 Å². The Bertz CT molecular complexity index is 456. The van der Waals surface area contributed by atoms with Crippen molar-refractivity contribution in [3.63, 3.8) is 0 Å². The van der Waals surface area contributed by atoms with Gasteiger partial charge in [-0.3, -0.25) is 4.98 Å². The van der Waals surface area contributed by atoms with Crippen molar-refractivity contribution in [3.05, 3.63) is 48.2 Å². The van der Waals surface area contributed by atoms with Crippen LogP contribution < -0.4 is 4.74 Å². The quantitative estimate of drug-likeness (QED) is 0.754. The van der Waals surface area contributed by atoms with Crippen molar-refractivity contribution in [1.82, 2.24) is 9.97 Å². The molecule has 76 valence electrons. The first-order valence-electron chi connectivity index (χ1n) is 4.47. The number of hydrogen-bond acceptors (Lipinski definition) is 3. The SMILES string of the molecule is Cc1ccc(Oc2ncccc2F)cn1. The summed E-state index contributed by atoms with van der Waals surface area (Å²) in [5, 5.41) is 0. The number of aryl methyl sites for hydroxylation is 1. The van der Waals surface area contributed by atoms with Crippen molar-refractivity contribution in [3.8, 4) is 11.6 Å². The van der Waals surface area contributed by atoms with Gasteiger partial charge in [0.1, 0.15) is 5.75 Å². The van der Waals surface area contributed by atoms with E-state index in [-0.39, 0.29) is 5.88 Å². The highest BCUT2D eigenvalue weighted by molar-refractivity contribution is 5.25. The lowest BCUT2D eigenvalue weighted by Gasteiger charge is -2.04. The molecule has 3 nitrogen and oxygen atoms in total. The second-order valence-corrected chi connectivity index (χ2v) is 3.03. The predicted molar refractivity (Wildman–Crippen MR) is 53.2 cm³/mol. The Morgan fingerprint density at radius 2 is 2.07 bits per heavy atom. The van der Waals surface area contributed by atoms with Crippen LogP contribution in [-0.2, 0) is 0 Å². The molecular formula is C11H9FN2O. The molecule has 0 amide bonds. The number of rotatable bonds is 2. The Labute approximate surface area is 86.6 Å². The van der Waals surface area contributed by atoms with Gasteiger partial charge in [0.05, 0.1) is 6.20 Å². The Hall–Kier alpha value is -1.97. The minimum Gasteiger partial charge on any atom is -0.435 e. The first-order valence-corrected chi connectivity index (χ1v) is 4.47. The summed E-state index contributed by atoms with van der Waals surface area (Å²) in [4.78, 5) is 7.80. The number of halogens is 1. The molecular weight excluding hydrogens is 195 g/mol. The zero-order valence-corrected chi connectivity index (χ0v) is 8.14. The summed E-state index contributed by atoms with van der Waals surface area (Å²) in [5.41, 5.74) is 0.879. The molecule has 15 heavy (non-hydrogen) atoms. The van der Waals surface area contributed by atoms with Crippen LogP contribution in [-0.4, -0.2) is 9.97 Å². The fraction of sp³-hybridized carbons (Fsp3) is 0.0909. The van der Waals surface area contributed by atoms with E-state index in [1.165, 1.54) is 24.5 Å². The van der Waals surface area contributed by atoms with E-state index < -0.39 is 5.82 Å². The number of ether oxygens (including phenoxy) is 1. The van der Waals surface area contributed by atoms with E-state index in [4.69, 9.17) is 4.74 Å². The Morgan fingerprint density at radius 3 is 2.73 bits per heavy atom. The molecule has 0 unspecified atom stereocenters. The standard InChI is InChI=1S/C11H9FN2O/c1-8-4-5-9(7-14-8)15-11-10(12)3-2-6-13-11/h2-7H,1H3. The van der Waals surface area contributed by atoms with Crippen LogP contribution in [0.2, 0.25) is 0 Å².